The molecule has 0 aromatic heterocycles. The highest BCUT2D eigenvalue weighted by Gasteiger charge is 2.53. The third-order valence-corrected chi connectivity index (χ3v) is 8.99. The standard InChI is InChI=1S/C22H32N2O4S/c1-16-10-11-17(2)19(14-16)29(27,28)22(12-6-7-13-22)21(26)23-15-20(25)24-18-8-4-3-5-9-18/h10-11,14,18H,3-9,12-13,15H2,1-2H3,(H,23,26)(H,24,25). The number of aryl methyl sites for hydroxylation is 2. The van der Waals surface area contributed by atoms with Gasteiger partial charge in [0.1, 0.15) is 0 Å². The summed E-state index contributed by atoms with van der Waals surface area (Å²) in [6.07, 6.45) is 7.29. The zero-order valence-corrected chi connectivity index (χ0v) is 18.2. The summed E-state index contributed by atoms with van der Waals surface area (Å²) in [6, 6.07) is 5.45. The van der Waals surface area contributed by atoms with Crippen molar-refractivity contribution in [3.05, 3.63) is 29.3 Å². The Morgan fingerprint density at radius 2 is 1.69 bits per heavy atom. The van der Waals surface area contributed by atoms with Gasteiger partial charge in [0.25, 0.3) is 0 Å². The minimum Gasteiger partial charge on any atom is -0.352 e. The van der Waals surface area contributed by atoms with Gasteiger partial charge in [0.2, 0.25) is 11.8 Å². The van der Waals surface area contributed by atoms with Crippen LogP contribution < -0.4 is 10.6 Å². The van der Waals surface area contributed by atoms with Crippen molar-refractivity contribution < 1.29 is 18.0 Å². The fourth-order valence-electron chi connectivity index (χ4n) is 4.62. The molecule has 2 amide bonds. The Morgan fingerprint density at radius 3 is 2.34 bits per heavy atom. The van der Waals surface area contributed by atoms with Gasteiger partial charge in [-0.2, -0.15) is 0 Å². The van der Waals surface area contributed by atoms with Crippen LogP contribution in [0.1, 0.15) is 68.9 Å². The van der Waals surface area contributed by atoms with Crippen LogP contribution >= 0.6 is 0 Å². The Kier molecular flexibility index (Phi) is 6.66. The van der Waals surface area contributed by atoms with E-state index in [-0.39, 0.29) is 23.4 Å². The molecule has 2 aliphatic rings. The number of carbonyl (C=O) groups excluding carboxylic acids is 2. The topological polar surface area (TPSA) is 92.3 Å². The predicted molar refractivity (Wildman–Crippen MR) is 112 cm³/mol. The number of sulfone groups is 1. The van der Waals surface area contributed by atoms with Crippen molar-refractivity contribution in [2.75, 3.05) is 6.54 Å². The SMILES string of the molecule is Cc1ccc(C)c(S(=O)(=O)C2(C(=O)NCC(=O)NC3CCCCC3)CCCC2)c1. The molecule has 1 aromatic rings. The lowest BCUT2D eigenvalue weighted by molar-refractivity contribution is -0.128. The molecule has 0 atom stereocenters. The minimum atomic E-state index is -3.87. The second-order valence-corrected chi connectivity index (χ2v) is 10.8. The number of nitrogens with one attached hydrogen (secondary N) is 2. The summed E-state index contributed by atoms with van der Waals surface area (Å²) in [5.41, 5.74) is 1.49. The minimum absolute atomic E-state index is 0.160. The number of hydrogen-bond donors (Lipinski definition) is 2. The van der Waals surface area contributed by atoms with Gasteiger partial charge in [-0.1, -0.05) is 44.2 Å². The maximum Gasteiger partial charge on any atom is 0.242 e. The van der Waals surface area contributed by atoms with E-state index in [9.17, 15) is 18.0 Å². The smallest absolute Gasteiger partial charge is 0.242 e. The molecule has 2 fully saturated rings. The maximum absolute atomic E-state index is 13.6. The summed E-state index contributed by atoms with van der Waals surface area (Å²) in [5, 5.41) is 5.60. The van der Waals surface area contributed by atoms with Gasteiger partial charge in [-0.05, 0) is 56.7 Å². The van der Waals surface area contributed by atoms with E-state index in [0.717, 1.165) is 31.2 Å². The highest BCUT2D eigenvalue weighted by atomic mass is 32.2. The molecular weight excluding hydrogens is 388 g/mol. The van der Waals surface area contributed by atoms with Crippen molar-refractivity contribution in [3.63, 3.8) is 0 Å². The van der Waals surface area contributed by atoms with E-state index in [1.54, 1.807) is 19.1 Å². The second kappa shape index (κ2) is 8.86. The molecular formula is C22H32N2O4S. The Morgan fingerprint density at radius 1 is 1.03 bits per heavy atom. The third-order valence-electron chi connectivity index (χ3n) is 6.35. The molecule has 2 aliphatic carbocycles. The van der Waals surface area contributed by atoms with Crippen molar-refractivity contribution in [1.82, 2.24) is 10.6 Å². The maximum atomic E-state index is 13.6. The average Bonchev–Trinajstić information content (AvgIpc) is 3.20. The van der Waals surface area contributed by atoms with Gasteiger partial charge in [-0.25, -0.2) is 8.42 Å². The van der Waals surface area contributed by atoms with E-state index < -0.39 is 20.5 Å². The number of hydrogen-bond acceptors (Lipinski definition) is 4. The third kappa shape index (κ3) is 4.49. The van der Waals surface area contributed by atoms with Crippen LogP contribution in [0.3, 0.4) is 0 Å². The molecule has 160 valence electrons. The largest absolute Gasteiger partial charge is 0.352 e. The first-order chi connectivity index (χ1) is 13.8. The lowest BCUT2D eigenvalue weighted by Crippen LogP contribution is -2.53. The highest BCUT2D eigenvalue weighted by molar-refractivity contribution is 7.93. The van der Waals surface area contributed by atoms with Gasteiger partial charge < -0.3 is 10.6 Å². The van der Waals surface area contributed by atoms with E-state index in [0.29, 0.717) is 31.2 Å². The first-order valence-electron chi connectivity index (χ1n) is 10.7. The molecule has 0 aliphatic heterocycles. The molecule has 2 N–H and O–H groups in total. The van der Waals surface area contributed by atoms with E-state index in [2.05, 4.69) is 10.6 Å². The Bertz CT molecular complexity index is 867. The van der Waals surface area contributed by atoms with E-state index >= 15 is 0 Å². The lowest BCUT2D eigenvalue weighted by atomic mass is 9.95. The van der Waals surface area contributed by atoms with Crippen LogP contribution in [0.15, 0.2) is 23.1 Å². The van der Waals surface area contributed by atoms with Crippen LogP contribution in [0.25, 0.3) is 0 Å². The van der Waals surface area contributed by atoms with Crippen LogP contribution in [0.2, 0.25) is 0 Å². The quantitative estimate of drug-likeness (QED) is 0.740. The van der Waals surface area contributed by atoms with Crippen LogP contribution in [0, 0.1) is 13.8 Å². The van der Waals surface area contributed by atoms with Crippen molar-refractivity contribution in [1.29, 1.82) is 0 Å². The molecule has 6 nitrogen and oxygen atoms in total. The van der Waals surface area contributed by atoms with Gasteiger partial charge in [0.05, 0.1) is 11.4 Å². The van der Waals surface area contributed by atoms with Gasteiger partial charge in [0.15, 0.2) is 14.6 Å². The summed E-state index contributed by atoms with van der Waals surface area (Å²) < 4.78 is 25.7. The van der Waals surface area contributed by atoms with Crippen molar-refractivity contribution in [3.8, 4) is 0 Å². The van der Waals surface area contributed by atoms with Crippen molar-refractivity contribution in [2.45, 2.75) is 87.3 Å². The van der Waals surface area contributed by atoms with Crippen LogP contribution in [-0.2, 0) is 19.4 Å². The fourth-order valence-corrected chi connectivity index (χ4v) is 7.01. The van der Waals surface area contributed by atoms with E-state index in [4.69, 9.17) is 0 Å². The second-order valence-electron chi connectivity index (χ2n) is 8.56. The summed E-state index contributed by atoms with van der Waals surface area (Å²) in [5.74, 6) is -0.794. The molecule has 7 heteroatoms. The Balaban J connectivity index is 1.75. The van der Waals surface area contributed by atoms with Crippen LogP contribution in [-0.4, -0.2) is 37.6 Å². The van der Waals surface area contributed by atoms with E-state index in [1.807, 2.05) is 13.0 Å². The van der Waals surface area contributed by atoms with Gasteiger partial charge >= 0.3 is 0 Å². The Labute approximate surface area is 173 Å². The molecule has 0 heterocycles. The predicted octanol–water partition coefficient (Wildman–Crippen LogP) is 2.96. The molecule has 0 bridgehead atoms. The van der Waals surface area contributed by atoms with Crippen molar-refractivity contribution in [2.24, 2.45) is 0 Å². The fraction of sp³-hybridized carbons (Fsp3) is 0.636. The van der Waals surface area contributed by atoms with Gasteiger partial charge in [-0.15, -0.1) is 0 Å². The van der Waals surface area contributed by atoms with Gasteiger partial charge in [-0.3, -0.25) is 9.59 Å². The molecule has 0 unspecified atom stereocenters. The molecule has 3 rings (SSSR count). The van der Waals surface area contributed by atoms with Crippen molar-refractivity contribution >= 4 is 21.7 Å². The first kappa shape index (κ1) is 21.8. The number of benzene rings is 1. The summed E-state index contributed by atoms with van der Waals surface area (Å²) in [4.78, 5) is 25.6. The monoisotopic (exact) mass is 420 g/mol. The normalized spacial score (nSPS) is 19.7. The molecule has 0 saturated heterocycles. The zero-order chi connectivity index (χ0) is 21.1. The average molecular weight is 421 g/mol. The van der Waals surface area contributed by atoms with Gasteiger partial charge in [0, 0.05) is 6.04 Å². The summed E-state index contributed by atoms with van der Waals surface area (Å²) in [6.45, 7) is 3.42. The molecule has 0 radical (unpaired) electrons. The number of carbonyl (C=O) groups is 2. The highest BCUT2D eigenvalue weighted by Crippen LogP contribution is 2.41. The Hall–Kier alpha value is -1.89. The first-order valence-corrected chi connectivity index (χ1v) is 12.1. The number of amides is 2. The lowest BCUT2D eigenvalue weighted by Gasteiger charge is -2.29. The summed E-state index contributed by atoms with van der Waals surface area (Å²) in [7, 11) is -3.87. The molecule has 0 spiro atoms. The molecule has 1 aromatic carbocycles. The number of rotatable bonds is 6. The van der Waals surface area contributed by atoms with E-state index in [1.165, 1.54) is 6.42 Å². The molecule has 29 heavy (non-hydrogen) atoms. The molecule has 2 saturated carbocycles. The van der Waals surface area contributed by atoms with Crippen LogP contribution in [0.4, 0.5) is 0 Å². The summed E-state index contributed by atoms with van der Waals surface area (Å²) >= 11 is 0. The zero-order valence-electron chi connectivity index (χ0n) is 17.4. The van der Waals surface area contributed by atoms with Crippen LogP contribution in [0.5, 0.6) is 0 Å².